The third-order valence-corrected chi connectivity index (χ3v) is 4.03. The zero-order valence-corrected chi connectivity index (χ0v) is 12.6. The number of aryl methyl sites for hydroxylation is 2. The molecule has 1 aromatic carbocycles. The molecular formula is C16H26N2O. The summed E-state index contributed by atoms with van der Waals surface area (Å²) in [5.41, 5.74) is 3.99. The highest BCUT2D eigenvalue weighted by atomic mass is 16.5. The van der Waals surface area contributed by atoms with Crippen LogP contribution in [0.4, 0.5) is 0 Å². The lowest BCUT2D eigenvalue weighted by atomic mass is 9.94. The highest BCUT2D eigenvalue weighted by Gasteiger charge is 2.24. The van der Waals surface area contributed by atoms with Crippen molar-refractivity contribution in [1.82, 2.24) is 10.2 Å². The summed E-state index contributed by atoms with van der Waals surface area (Å²) in [7, 11) is 1.78. The Balaban J connectivity index is 2.36. The van der Waals surface area contributed by atoms with E-state index < -0.39 is 0 Å². The third-order valence-electron chi connectivity index (χ3n) is 4.03. The quantitative estimate of drug-likeness (QED) is 0.903. The minimum atomic E-state index is 0.470. The fourth-order valence-corrected chi connectivity index (χ4v) is 3.17. The zero-order valence-electron chi connectivity index (χ0n) is 12.6. The van der Waals surface area contributed by atoms with Crippen molar-refractivity contribution in [2.24, 2.45) is 0 Å². The number of rotatable bonds is 4. The van der Waals surface area contributed by atoms with Crippen LogP contribution < -0.4 is 10.1 Å². The molecule has 0 radical (unpaired) electrons. The Morgan fingerprint density at radius 2 is 1.95 bits per heavy atom. The second kappa shape index (κ2) is 6.40. The molecule has 1 N–H and O–H groups in total. The third kappa shape index (κ3) is 3.10. The summed E-state index contributed by atoms with van der Waals surface area (Å²) in [5, 5.41) is 3.42. The molecule has 1 aliphatic rings. The zero-order chi connectivity index (χ0) is 13.8. The number of hydrogen-bond donors (Lipinski definition) is 1. The van der Waals surface area contributed by atoms with Crippen LogP contribution in [0, 0.1) is 13.8 Å². The van der Waals surface area contributed by atoms with Crippen molar-refractivity contribution in [2.45, 2.75) is 33.2 Å². The van der Waals surface area contributed by atoms with Crippen LogP contribution in [0.5, 0.6) is 5.75 Å². The maximum Gasteiger partial charge on any atom is 0.124 e. The highest BCUT2D eigenvalue weighted by molar-refractivity contribution is 5.45. The molecule has 1 heterocycles. The van der Waals surface area contributed by atoms with Crippen molar-refractivity contribution >= 4 is 0 Å². The average molecular weight is 262 g/mol. The van der Waals surface area contributed by atoms with Crippen molar-refractivity contribution in [3.8, 4) is 5.75 Å². The normalized spacial score (nSPS) is 18.3. The first kappa shape index (κ1) is 14.4. The second-order valence-corrected chi connectivity index (χ2v) is 5.41. The molecule has 1 aromatic rings. The van der Waals surface area contributed by atoms with Crippen LogP contribution in [-0.4, -0.2) is 38.2 Å². The minimum absolute atomic E-state index is 0.470. The van der Waals surface area contributed by atoms with Gasteiger partial charge in [-0.15, -0.1) is 0 Å². The molecule has 0 aliphatic carbocycles. The molecule has 1 fully saturated rings. The van der Waals surface area contributed by atoms with E-state index in [4.69, 9.17) is 4.74 Å². The monoisotopic (exact) mass is 262 g/mol. The van der Waals surface area contributed by atoms with Crippen molar-refractivity contribution in [3.05, 3.63) is 28.8 Å². The topological polar surface area (TPSA) is 24.5 Å². The molecule has 0 spiro atoms. The van der Waals surface area contributed by atoms with Crippen molar-refractivity contribution in [2.75, 3.05) is 33.3 Å². The van der Waals surface area contributed by atoms with E-state index in [1.165, 1.54) is 16.7 Å². The van der Waals surface area contributed by atoms with Gasteiger partial charge in [0.25, 0.3) is 0 Å². The predicted molar refractivity (Wildman–Crippen MR) is 79.9 cm³/mol. The van der Waals surface area contributed by atoms with E-state index in [-0.39, 0.29) is 0 Å². The van der Waals surface area contributed by atoms with Gasteiger partial charge in [0.15, 0.2) is 0 Å². The first-order chi connectivity index (χ1) is 9.17. The van der Waals surface area contributed by atoms with Gasteiger partial charge in [-0.3, -0.25) is 4.90 Å². The van der Waals surface area contributed by atoms with Gasteiger partial charge in [0, 0.05) is 37.8 Å². The lowest BCUT2D eigenvalue weighted by molar-refractivity contribution is 0.166. The van der Waals surface area contributed by atoms with Crippen LogP contribution in [0.25, 0.3) is 0 Å². The Kier molecular flexibility index (Phi) is 4.83. The van der Waals surface area contributed by atoms with Gasteiger partial charge in [0.2, 0.25) is 0 Å². The average Bonchev–Trinajstić information content (AvgIpc) is 2.42. The second-order valence-electron chi connectivity index (χ2n) is 5.41. The van der Waals surface area contributed by atoms with Crippen LogP contribution in [0.2, 0.25) is 0 Å². The van der Waals surface area contributed by atoms with E-state index in [9.17, 15) is 0 Å². The summed E-state index contributed by atoms with van der Waals surface area (Å²) >= 11 is 0. The van der Waals surface area contributed by atoms with Gasteiger partial charge < -0.3 is 10.1 Å². The summed E-state index contributed by atoms with van der Waals surface area (Å²) in [6.07, 6.45) is 1.13. The number of nitrogens with one attached hydrogen (secondary N) is 1. The van der Waals surface area contributed by atoms with Crippen LogP contribution in [-0.2, 0) is 0 Å². The largest absolute Gasteiger partial charge is 0.496 e. The molecule has 0 bridgehead atoms. The molecule has 1 atom stereocenters. The van der Waals surface area contributed by atoms with Crippen molar-refractivity contribution in [1.29, 1.82) is 0 Å². The van der Waals surface area contributed by atoms with Crippen LogP contribution >= 0.6 is 0 Å². The summed E-state index contributed by atoms with van der Waals surface area (Å²) < 4.78 is 5.64. The maximum absolute atomic E-state index is 5.64. The lowest BCUT2D eigenvalue weighted by Crippen LogP contribution is -2.45. The van der Waals surface area contributed by atoms with Gasteiger partial charge in [-0.1, -0.05) is 13.0 Å². The Bertz CT molecular complexity index is 425. The Morgan fingerprint density at radius 3 is 2.53 bits per heavy atom. The van der Waals surface area contributed by atoms with Crippen molar-refractivity contribution in [3.63, 3.8) is 0 Å². The summed E-state index contributed by atoms with van der Waals surface area (Å²) in [6, 6.07) is 4.90. The van der Waals surface area contributed by atoms with Gasteiger partial charge in [0.1, 0.15) is 5.75 Å². The lowest BCUT2D eigenvalue weighted by Gasteiger charge is -2.36. The molecule has 3 heteroatoms. The first-order valence-electron chi connectivity index (χ1n) is 7.27. The van der Waals surface area contributed by atoms with Crippen LogP contribution in [0.15, 0.2) is 12.1 Å². The summed E-state index contributed by atoms with van der Waals surface area (Å²) in [6.45, 7) is 11.0. The number of methoxy groups -OCH3 is 1. The fourth-order valence-electron chi connectivity index (χ4n) is 3.17. The van der Waals surface area contributed by atoms with Crippen LogP contribution in [0.1, 0.15) is 36.1 Å². The smallest absolute Gasteiger partial charge is 0.124 e. The van der Waals surface area contributed by atoms with E-state index in [1.807, 2.05) is 0 Å². The van der Waals surface area contributed by atoms with E-state index in [2.05, 4.69) is 43.1 Å². The minimum Gasteiger partial charge on any atom is -0.496 e. The molecule has 0 saturated carbocycles. The molecule has 19 heavy (non-hydrogen) atoms. The van der Waals surface area contributed by atoms with Crippen molar-refractivity contribution < 1.29 is 4.74 Å². The first-order valence-corrected chi connectivity index (χ1v) is 7.27. The van der Waals surface area contributed by atoms with E-state index in [1.54, 1.807) is 7.11 Å². The number of piperazine rings is 1. The van der Waals surface area contributed by atoms with E-state index in [0.29, 0.717) is 6.04 Å². The summed E-state index contributed by atoms with van der Waals surface area (Å²) in [5.74, 6) is 1.04. The fraction of sp³-hybridized carbons (Fsp3) is 0.625. The number of ether oxygens (including phenoxy) is 1. The standard InChI is InChI=1S/C16H26N2O/c1-5-14(18-8-6-17-7-9-18)16-13(3)10-12(2)11-15(16)19-4/h10-11,14,17H,5-9H2,1-4H3. The Hall–Kier alpha value is -1.06. The molecular weight excluding hydrogens is 236 g/mol. The van der Waals surface area contributed by atoms with Gasteiger partial charge in [0.05, 0.1) is 7.11 Å². The number of hydrogen-bond acceptors (Lipinski definition) is 3. The molecule has 0 aromatic heterocycles. The molecule has 1 unspecified atom stereocenters. The van der Waals surface area contributed by atoms with Crippen LogP contribution in [0.3, 0.4) is 0 Å². The predicted octanol–water partition coefficient (Wildman–Crippen LogP) is 2.67. The van der Waals surface area contributed by atoms with E-state index in [0.717, 1.165) is 38.3 Å². The Labute approximate surface area is 116 Å². The molecule has 2 rings (SSSR count). The maximum atomic E-state index is 5.64. The summed E-state index contributed by atoms with van der Waals surface area (Å²) in [4.78, 5) is 2.58. The SMILES string of the molecule is CCC(c1c(C)cc(C)cc1OC)N1CCNCC1. The van der Waals surface area contributed by atoms with Gasteiger partial charge in [-0.25, -0.2) is 0 Å². The molecule has 1 saturated heterocycles. The molecule has 0 amide bonds. The van der Waals surface area contributed by atoms with E-state index >= 15 is 0 Å². The Morgan fingerprint density at radius 1 is 1.26 bits per heavy atom. The highest BCUT2D eigenvalue weighted by Crippen LogP contribution is 2.35. The van der Waals surface area contributed by atoms with Gasteiger partial charge in [-0.05, 0) is 37.5 Å². The molecule has 3 nitrogen and oxygen atoms in total. The molecule has 1 aliphatic heterocycles. The molecule has 106 valence electrons. The number of nitrogens with zero attached hydrogens (tertiary/aromatic N) is 1. The number of benzene rings is 1. The van der Waals surface area contributed by atoms with Gasteiger partial charge in [-0.2, -0.15) is 0 Å². The van der Waals surface area contributed by atoms with Gasteiger partial charge >= 0.3 is 0 Å².